The Morgan fingerprint density at radius 1 is 1.19 bits per heavy atom. The van der Waals surface area contributed by atoms with Gasteiger partial charge in [0.25, 0.3) is 0 Å². The number of carbonyl (C=O) groups is 1. The predicted octanol–water partition coefficient (Wildman–Crippen LogP) is 4.13. The molecular weight excluding hydrogens is 344 g/mol. The Morgan fingerprint density at radius 3 is 2.38 bits per heavy atom. The van der Waals surface area contributed by atoms with E-state index in [0.29, 0.717) is 18.2 Å². The van der Waals surface area contributed by atoms with Crippen LogP contribution in [0, 0.1) is 5.92 Å². The molecule has 2 rings (SSSR count). The highest BCUT2D eigenvalue weighted by Gasteiger charge is 2.17. The summed E-state index contributed by atoms with van der Waals surface area (Å²) in [6, 6.07) is 8.49. The van der Waals surface area contributed by atoms with Crippen LogP contribution >= 0.6 is 11.8 Å². The highest BCUT2D eigenvalue weighted by molar-refractivity contribution is 7.99. The van der Waals surface area contributed by atoms with Crippen molar-refractivity contribution in [3.05, 3.63) is 29.8 Å². The van der Waals surface area contributed by atoms with Crippen LogP contribution in [0.25, 0.3) is 11.4 Å². The molecular formula is C20H30N4OS. The zero-order chi connectivity index (χ0) is 19.3. The first kappa shape index (κ1) is 20.5. The van der Waals surface area contributed by atoms with Crippen molar-refractivity contribution in [2.75, 3.05) is 12.3 Å². The molecule has 5 nitrogen and oxygen atoms in total. The van der Waals surface area contributed by atoms with E-state index in [0.717, 1.165) is 23.1 Å². The third kappa shape index (κ3) is 5.34. The van der Waals surface area contributed by atoms with Crippen LogP contribution in [0.15, 0.2) is 29.4 Å². The van der Waals surface area contributed by atoms with Crippen LogP contribution in [0.2, 0.25) is 0 Å². The van der Waals surface area contributed by atoms with Crippen molar-refractivity contribution in [3.8, 4) is 11.4 Å². The third-order valence-electron chi connectivity index (χ3n) is 4.08. The summed E-state index contributed by atoms with van der Waals surface area (Å²) in [5.41, 5.74) is 2.46. The molecule has 142 valence electrons. The number of hydrogen-bond donors (Lipinski definition) is 1. The van der Waals surface area contributed by atoms with Gasteiger partial charge in [0.05, 0.1) is 5.75 Å². The number of hydrogen-bond acceptors (Lipinski definition) is 4. The molecule has 1 N–H and O–H groups in total. The molecule has 1 amide bonds. The molecule has 0 aliphatic carbocycles. The Kier molecular flexibility index (Phi) is 6.87. The van der Waals surface area contributed by atoms with Gasteiger partial charge in [0.15, 0.2) is 11.0 Å². The van der Waals surface area contributed by atoms with E-state index in [4.69, 9.17) is 0 Å². The van der Waals surface area contributed by atoms with Gasteiger partial charge in [0.2, 0.25) is 5.91 Å². The van der Waals surface area contributed by atoms with Crippen molar-refractivity contribution < 1.29 is 4.79 Å². The lowest BCUT2D eigenvalue weighted by molar-refractivity contribution is -0.118. The number of nitrogens with one attached hydrogen (secondary N) is 1. The molecule has 0 aliphatic rings. The van der Waals surface area contributed by atoms with Crippen molar-refractivity contribution in [3.63, 3.8) is 0 Å². The number of nitrogens with zero attached hydrogens (tertiary/aromatic N) is 3. The number of amides is 1. The quantitative estimate of drug-likeness (QED) is 0.741. The standard InChI is InChI=1S/C20H30N4OS/c1-7-24-18(15-8-10-16(11-9-15)20(4,5)6)22-23-19(24)26-13-17(25)21-12-14(2)3/h8-11,14H,7,12-13H2,1-6H3,(H,21,25). The summed E-state index contributed by atoms with van der Waals surface area (Å²) in [5, 5.41) is 12.4. The highest BCUT2D eigenvalue weighted by atomic mass is 32.2. The average Bonchev–Trinajstić information content (AvgIpc) is 3.00. The second-order valence-electron chi connectivity index (χ2n) is 7.86. The molecule has 0 bridgehead atoms. The topological polar surface area (TPSA) is 59.8 Å². The van der Waals surface area contributed by atoms with Gasteiger partial charge in [-0.05, 0) is 23.8 Å². The van der Waals surface area contributed by atoms with Gasteiger partial charge in [-0.25, -0.2) is 0 Å². The minimum absolute atomic E-state index is 0.0328. The summed E-state index contributed by atoms with van der Waals surface area (Å²) in [6.45, 7) is 14.3. The largest absolute Gasteiger partial charge is 0.355 e. The van der Waals surface area contributed by atoms with Gasteiger partial charge in [0.1, 0.15) is 0 Å². The van der Waals surface area contributed by atoms with E-state index < -0.39 is 0 Å². The summed E-state index contributed by atoms with van der Waals surface area (Å²) in [4.78, 5) is 11.9. The fourth-order valence-corrected chi connectivity index (χ4v) is 3.34. The highest BCUT2D eigenvalue weighted by Crippen LogP contribution is 2.27. The predicted molar refractivity (Wildman–Crippen MR) is 108 cm³/mol. The van der Waals surface area contributed by atoms with Crippen molar-refractivity contribution in [2.24, 2.45) is 5.92 Å². The van der Waals surface area contributed by atoms with Gasteiger partial charge in [-0.15, -0.1) is 10.2 Å². The monoisotopic (exact) mass is 374 g/mol. The van der Waals surface area contributed by atoms with Crippen LogP contribution in [-0.4, -0.2) is 33.0 Å². The first-order valence-corrected chi connectivity index (χ1v) is 10.1. The summed E-state index contributed by atoms with van der Waals surface area (Å²) in [7, 11) is 0. The summed E-state index contributed by atoms with van der Waals surface area (Å²) < 4.78 is 2.06. The second-order valence-corrected chi connectivity index (χ2v) is 8.81. The van der Waals surface area contributed by atoms with E-state index in [2.05, 4.69) is 85.9 Å². The molecule has 0 saturated heterocycles. The number of carbonyl (C=O) groups excluding carboxylic acids is 1. The maximum Gasteiger partial charge on any atom is 0.230 e. The minimum atomic E-state index is 0.0328. The molecule has 0 aliphatic heterocycles. The van der Waals surface area contributed by atoms with Crippen molar-refractivity contribution in [2.45, 2.75) is 58.7 Å². The first-order valence-electron chi connectivity index (χ1n) is 9.16. The molecule has 26 heavy (non-hydrogen) atoms. The Balaban J connectivity index is 2.11. The average molecular weight is 375 g/mol. The van der Waals surface area contributed by atoms with E-state index in [-0.39, 0.29) is 11.3 Å². The fraction of sp³-hybridized carbons (Fsp3) is 0.550. The second kappa shape index (κ2) is 8.71. The van der Waals surface area contributed by atoms with Gasteiger partial charge in [-0.3, -0.25) is 4.79 Å². The molecule has 0 radical (unpaired) electrons. The number of thioether (sulfide) groups is 1. The maximum absolute atomic E-state index is 11.9. The molecule has 0 saturated carbocycles. The molecule has 0 spiro atoms. The number of rotatable bonds is 7. The van der Waals surface area contributed by atoms with Crippen LogP contribution < -0.4 is 5.32 Å². The van der Waals surface area contributed by atoms with Crippen LogP contribution in [0.5, 0.6) is 0 Å². The Morgan fingerprint density at radius 2 is 1.85 bits per heavy atom. The lowest BCUT2D eigenvalue weighted by Crippen LogP contribution is -2.28. The van der Waals surface area contributed by atoms with Crippen LogP contribution in [0.3, 0.4) is 0 Å². The number of benzene rings is 1. The normalized spacial score (nSPS) is 11.8. The summed E-state index contributed by atoms with van der Waals surface area (Å²) in [6.07, 6.45) is 0. The Labute approximate surface area is 161 Å². The zero-order valence-electron chi connectivity index (χ0n) is 16.7. The lowest BCUT2D eigenvalue weighted by atomic mass is 9.87. The minimum Gasteiger partial charge on any atom is -0.355 e. The third-order valence-corrected chi connectivity index (χ3v) is 5.05. The van der Waals surface area contributed by atoms with Crippen molar-refractivity contribution in [1.29, 1.82) is 0 Å². The van der Waals surface area contributed by atoms with Gasteiger partial charge in [-0.1, -0.05) is 70.6 Å². The Bertz CT molecular complexity index is 729. The van der Waals surface area contributed by atoms with Gasteiger partial charge in [0, 0.05) is 18.7 Å². The SMILES string of the molecule is CCn1c(SCC(=O)NCC(C)C)nnc1-c1ccc(C(C)(C)C)cc1. The molecule has 0 unspecified atom stereocenters. The fourth-order valence-electron chi connectivity index (χ4n) is 2.51. The van der Waals surface area contributed by atoms with E-state index in [9.17, 15) is 4.79 Å². The molecule has 0 atom stereocenters. The smallest absolute Gasteiger partial charge is 0.230 e. The van der Waals surface area contributed by atoms with Gasteiger partial charge in [-0.2, -0.15) is 0 Å². The van der Waals surface area contributed by atoms with E-state index in [1.165, 1.54) is 17.3 Å². The van der Waals surface area contributed by atoms with Crippen molar-refractivity contribution >= 4 is 17.7 Å². The molecule has 1 heterocycles. The van der Waals surface area contributed by atoms with E-state index >= 15 is 0 Å². The van der Waals surface area contributed by atoms with E-state index in [1.54, 1.807) is 0 Å². The maximum atomic E-state index is 11.9. The number of aromatic nitrogens is 3. The van der Waals surface area contributed by atoms with Crippen molar-refractivity contribution in [1.82, 2.24) is 20.1 Å². The molecule has 1 aromatic carbocycles. The van der Waals surface area contributed by atoms with Crippen LogP contribution in [-0.2, 0) is 16.8 Å². The zero-order valence-corrected chi connectivity index (χ0v) is 17.5. The Hall–Kier alpha value is -1.82. The molecule has 6 heteroatoms. The lowest BCUT2D eigenvalue weighted by Gasteiger charge is -2.19. The summed E-state index contributed by atoms with van der Waals surface area (Å²) in [5.74, 6) is 1.68. The van der Waals surface area contributed by atoms with E-state index in [1.807, 2.05) is 0 Å². The summed E-state index contributed by atoms with van der Waals surface area (Å²) >= 11 is 1.43. The molecule has 1 aromatic heterocycles. The van der Waals surface area contributed by atoms with Crippen LogP contribution in [0.4, 0.5) is 0 Å². The molecule has 2 aromatic rings. The first-order chi connectivity index (χ1) is 12.2. The van der Waals surface area contributed by atoms with Gasteiger partial charge >= 0.3 is 0 Å². The van der Waals surface area contributed by atoms with Crippen LogP contribution in [0.1, 0.15) is 47.1 Å². The molecule has 0 fully saturated rings. The van der Waals surface area contributed by atoms with Gasteiger partial charge < -0.3 is 9.88 Å².